The number of hydrogen-bond donors (Lipinski definition) is 1. The Bertz CT molecular complexity index is 300. The Morgan fingerprint density at radius 2 is 2.00 bits per heavy atom. The van der Waals surface area contributed by atoms with Gasteiger partial charge in [0, 0.05) is 30.4 Å². The van der Waals surface area contributed by atoms with Crippen LogP contribution in [0.4, 0.5) is 0 Å². The van der Waals surface area contributed by atoms with Gasteiger partial charge in [-0.3, -0.25) is 4.68 Å². The van der Waals surface area contributed by atoms with E-state index in [9.17, 15) is 0 Å². The topological polar surface area (TPSA) is 29.9 Å². The van der Waals surface area contributed by atoms with Crippen LogP contribution in [0.2, 0.25) is 0 Å². The third-order valence-corrected chi connectivity index (χ3v) is 2.44. The number of rotatable bonds is 5. The molecule has 0 aromatic carbocycles. The molecule has 0 bridgehead atoms. The first-order valence-corrected chi connectivity index (χ1v) is 5.75. The second kappa shape index (κ2) is 5.31. The summed E-state index contributed by atoms with van der Waals surface area (Å²) in [4.78, 5) is 0. The van der Waals surface area contributed by atoms with Gasteiger partial charge >= 0.3 is 0 Å². The quantitative estimate of drug-likeness (QED) is 0.806. The smallest absolute Gasteiger partial charge is 0.0537 e. The van der Waals surface area contributed by atoms with E-state index in [1.807, 2.05) is 6.20 Å². The van der Waals surface area contributed by atoms with E-state index < -0.39 is 0 Å². The summed E-state index contributed by atoms with van der Waals surface area (Å²) in [6.07, 6.45) is 1.98. The van der Waals surface area contributed by atoms with Crippen molar-refractivity contribution in [2.75, 3.05) is 0 Å². The van der Waals surface area contributed by atoms with Gasteiger partial charge in [-0.2, -0.15) is 5.10 Å². The maximum Gasteiger partial charge on any atom is 0.0537 e. The van der Waals surface area contributed by atoms with Crippen LogP contribution in [0.3, 0.4) is 0 Å². The molecule has 3 heteroatoms. The first-order chi connectivity index (χ1) is 7.00. The summed E-state index contributed by atoms with van der Waals surface area (Å²) in [5, 5.41) is 7.83. The molecular weight excluding hydrogens is 186 g/mol. The molecule has 0 atom stereocenters. The van der Waals surface area contributed by atoms with Crippen molar-refractivity contribution >= 4 is 0 Å². The van der Waals surface area contributed by atoms with Gasteiger partial charge in [-0.1, -0.05) is 27.7 Å². The Balaban J connectivity index is 2.63. The molecule has 0 fully saturated rings. The van der Waals surface area contributed by atoms with Crippen molar-refractivity contribution < 1.29 is 0 Å². The van der Waals surface area contributed by atoms with Gasteiger partial charge in [0.05, 0.1) is 6.20 Å². The molecule has 3 nitrogen and oxygen atoms in total. The molecule has 0 radical (unpaired) electrons. The lowest BCUT2D eigenvalue weighted by Crippen LogP contribution is -2.22. The predicted molar refractivity (Wildman–Crippen MR) is 63.8 cm³/mol. The standard InChI is InChI=1S/C12H23N3/c1-9(2)8-15-11(5)12(7-14-15)6-13-10(3)4/h7,9-10,13H,6,8H2,1-5H3. The van der Waals surface area contributed by atoms with Crippen LogP contribution in [-0.2, 0) is 13.1 Å². The Morgan fingerprint density at radius 3 is 2.53 bits per heavy atom. The summed E-state index contributed by atoms with van der Waals surface area (Å²) in [7, 11) is 0. The zero-order valence-electron chi connectivity index (χ0n) is 10.5. The molecule has 0 aliphatic rings. The van der Waals surface area contributed by atoms with Crippen molar-refractivity contribution in [2.24, 2.45) is 5.92 Å². The van der Waals surface area contributed by atoms with Crippen molar-refractivity contribution in [1.82, 2.24) is 15.1 Å². The van der Waals surface area contributed by atoms with Crippen molar-refractivity contribution in [3.05, 3.63) is 17.5 Å². The van der Waals surface area contributed by atoms with E-state index in [0.29, 0.717) is 12.0 Å². The summed E-state index contributed by atoms with van der Waals surface area (Å²) in [5.74, 6) is 0.648. The second-order valence-electron chi connectivity index (χ2n) is 4.87. The van der Waals surface area contributed by atoms with E-state index in [4.69, 9.17) is 0 Å². The van der Waals surface area contributed by atoms with E-state index in [1.165, 1.54) is 11.3 Å². The normalized spacial score (nSPS) is 11.7. The van der Waals surface area contributed by atoms with E-state index in [1.54, 1.807) is 0 Å². The first-order valence-electron chi connectivity index (χ1n) is 5.75. The summed E-state index contributed by atoms with van der Waals surface area (Å²) in [6, 6.07) is 0.526. The third kappa shape index (κ3) is 3.67. The lowest BCUT2D eigenvalue weighted by Gasteiger charge is -2.09. The maximum atomic E-state index is 4.41. The highest BCUT2D eigenvalue weighted by molar-refractivity contribution is 5.15. The van der Waals surface area contributed by atoms with E-state index in [2.05, 4.69) is 49.7 Å². The highest BCUT2D eigenvalue weighted by Gasteiger charge is 2.07. The fraction of sp³-hybridized carbons (Fsp3) is 0.750. The average molecular weight is 209 g/mol. The van der Waals surface area contributed by atoms with Gasteiger partial charge in [0.1, 0.15) is 0 Å². The lowest BCUT2D eigenvalue weighted by atomic mass is 10.2. The van der Waals surface area contributed by atoms with Crippen LogP contribution in [-0.4, -0.2) is 15.8 Å². The van der Waals surface area contributed by atoms with Crippen molar-refractivity contribution in [1.29, 1.82) is 0 Å². The minimum absolute atomic E-state index is 0.526. The Hall–Kier alpha value is -0.830. The molecule has 0 saturated heterocycles. The van der Waals surface area contributed by atoms with Crippen LogP contribution in [0, 0.1) is 12.8 Å². The van der Waals surface area contributed by atoms with Gasteiger partial charge in [0.2, 0.25) is 0 Å². The fourth-order valence-electron chi connectivity index (χ4n) is 1.50. The van der Waals surface area contributed by atoms with Crippen LogP contribution < -0.4 is 5.32 Å². The third-order valence-electron chi connectivity index (χ3n) is 2.44. The second-order valence-corrected chi connectivity index (χ2v) is 4.87. The number of hydrogen-bond acceptors (Lipinski definition) is 2. The van der Waals surface area contributed by atoms with Gasteiger partial charge in [-0.25, -0.2) is 0 Å². The predicted octanol–water partition coefficient (Wildman–Crippen LogP) is 2.35. The number of nitrogens with one attached hydrogen (secondary N) is 1. The largest absolute Gasteiger partial charge is 0.310 e. The van der Waals surface area contributed by atoms with Gasteiger partial charge < -0.3 is 5.32 Å². The molecule has 1 aromatic heterocycles. The summed E-state index contributed by atoms with van der Waals surface area (Å²) >= 11 is 0. The highest BCUT2D eigenvalue weighted by atomic mass is 15.3. The molecule has 0 unspecified atom stereocenters. The molecule has 0 spiro atoms. The molecule has 1 N–H and O–H groups in total. The Kier molecular flexibility index (Phi) is 4.33. The van der Waals surface area contributed by atoms with Crippen LogP contribution in [0.5, 0.6) is 0 Å². The van der Waals surface area contributed by atoms with Gasteiger partial charge in [0.15, 0.2) is 0 Å². The molecule has 1 aromatic rings. The minimum atomic E-state index is 0.526. The monoisotopic (exact) mass is 209 g/mol. The van der Waals surface area contributed by atoms with Crippen molar-refractivity contribution in [3.63, 3.8) is 0 Å². The molecule has 1 heterocycles. The van der Waals surface area contributed by atoms with Crippen LogP contribution in [0.1, 0.15) is 39.0 Å². The molecule has 1 rings (SSSR count). The Labute approximate surface area is 92.9 Å². The van der Waals surface area contributed by atoms with Crippen LogP contribution in [0.25, 0.3) is 0 Å². The number of aromatic nitrogens is 2. The van der Waals surface area contributed by atoms with Crippen molar-refractivity contribution in [2.45, 2.75) is 53.8 Å². The molecule has 86 valence electrons. The molecule has 0 amide bonds. The SMILES string of the molecule is Cc1c(CNC(C)C)cnn1CC(C)C. The van der Waals surface area contributed by atoms with E-state index in [-0.39, 0.29) is 0 Å². The summed E-state index contributed by atoms with van der Waals surface area (Å²) in [6.45, 7) is 12.8. The van der Waals surface area contributed by atoms with Gasteiger partial charge in [0.25, 0.3) is 0 Å². The van der Waals surface area contributed by atoms with Crippen molar-refractivity contribution in [3.8, 4) is 0 Å². The van der Waals surface area contributed by atoms with E-state index in [0.717, 1.165) is 13.1 Å². The van der Waals surface area contributed by atoms with Crippen LogP contribution in [0.15, 0.2) is 6.20 Å². The molecule has 0 saturated carbocycles. The zero-order chi connectivity index (χ0) is 11.4. The Morgan fingerprint density at radius 1 is 1.33 bits per heavy atom. The maximum absolute atomic E-state index is 4.41. The molecular formula is C12H23N3. The summed E-state index contributed by atoms with van der Waals surface area (Å²) < 4.78 is 2.10. The average Bonchev–Trinajstić information content (AvgIpc) is 2.44. The first kappa shape index (κ1) is 12.2. The van der Waals surface area contributed by atoms with Gasteiger partial charge in [-0.05, 0) is 12.8 Å². The number of nitrogens with zero attached hydrogens (tertiary/aromatic N) is 2. The zero-order valence-corrected chi connectivity index (χ0v) is 10.5. The summed E-state index contributed by atoms with van der Waals surface area (Å²) in [5.41, 5.74) is 2.60. The molecule has 15 heavy (non-hydrogen) atoms. The van der Waals surface area contributed by atoms with Gasteiger partial charge in [-0.15, -0.1) is 0 Å². The lowest BCUT2D eigenvalue weighted by molar-refractivity contribution is 0.473. The van der Waals surface area contributed by atoms with E-state index >= 15 is 0 Å². The minimum Gasteiger partial charge on any atom is -0.310 e. The fourth-order valence-corrected chi connectivity index (χ4v) is 1.50. The molecule has 0 aliphatic heterocycles. The van der Waals surface area contributed by atoms with Crippen LogP contribution >= 0.6 is 0 Å². The highest BCUT2D eigenvalue weighted by Crippen LogP contribution is 2.09. The molecule has 0 aliphatic carbocycles.